The highest BCUT2D eigenvalue weighted by Gasteiger charge is 2.28. The predicted molar refractivity (Wildman–Crippen MR) is 108 cm³/mol. The molecule has 0 bridgehead atoms. The molecule has 0 aliphatic carbocycles. The molecule has 7 heteroatoms. The van der Waals surface area contributed by atoms with Crippen molar-refractivity contribution in [2.75, 3.05) is 11.4 Å². The number of nitro benzene ring substituents is 1. The Morgan fingerprint density at radius 2 is 1.97 bits per heavy atom. The van der Waals surface area contributed by atoms with Gasteiger partial charge in [-0.15, -0.1) is 0 Å². The number of carbonyl (C=O) groups excluding carboxylic acids is 1. The molecule has 0 unspecified atom stereocenters. The SMILES string of the molecule is O=C(c1cc(-c2ccco2)nc2ccccc12)N1CCc2cc([N+](=O)[O-])ccc21. The van der Waals surface area contributed by atoms with Gasteiger partial charge in [0.05, 0.1) is 22.3 Å². The van der Waals surface area contributed by atoms with Crippen LogP contribution in [0.2, 0.25) is 0 Å². The second-order valence-corrected chi connectivity index (χ2v) is 6.83. The molecule has 2 aromatic carbocycles. The Balaban J connectivity index is 1.62. The topological polar surface area (TPSA) is 89.5 Å². The van der Waals surface area contributed by atoms with E-state index in [4.69, 9.17) is 4.42 Å². The number of furan rings is 1. The monoisotopic (exact) mass is 385 g/mol. The Morgan fingerprint density at radius 3 is 2.76 bits per heavy atom. The van der Waals surface area contributed by atoms with Crippen LogP contribution < -0.4 is 4.90 Å². The minimum Gasteiger partial charge on any atom is -0.463 e. The molecule has 1 aliphatic heterocycles. The molecule has 1 amide bonds. The summed E-state index contributed by atoms with van der Waals surface area (Å²) in [5, 5.41) is 11.8. The first-order valence-electron chi connectivity index (χ1n) is 9.14. The molecule has 3 heterocycles. The highest BCUT2D eigenvalue weighted by molar-refractivity contribution is 6.15. The predicted octanol–water partition coefficient (Wildman–Crippen LogP) is 4.61. The minimum absolute atomic E-state index is 0.0347. The molecule has 0 saturated carbocycles. The number of amides is 1. The summed E-state index contributed by atoms with van der Waals surface area (Å²) in [6, 6.07) is 17.4. The number of benzene rings is 2. The first-order chi connectivity index (χ1) is 14.1. The van der Waals surface area contributed by atoms with Gasteiger partial charge in [0.15, 0.2) is 5.76 Å². The van der Waals surface area contributed by atoms with Gasteiger partial charge in [-0.25, -0.2) is 4.98 Å². The molecule has 142 valence electrons. The highest BCUT2D eigenvalue weighted by atomic mass is 16.6. The number of nitrogens with zero attached hydrogens (tertiary/aromatic N) is 3. The van der Waals surface area contributed by atoms with Crippen molar-refractivity contribution in [2.45, 2.75) is 6.42 Å². The average Bonchev–Trinajstić information content (AvgIpc) is 3.42. The Kier molecular flexibility index (Phi) is 3.87. The van der Waals surface area contributed by atoms with Gasteiger partial charge < -0.3 is 9.32 Å². The highest BCUT2D eigenvalue weighted by Crippen LogP contribution is 2.34. The minimum atomic E-state index is -0.420. The molecule has 4 aromatic rings. The van der Waals surface area contributed by atoms with Gasteiger partial charge in [0.25, 0.3) is 11.6 Å². The van der Waals surface area contributed by atoms with E-state index in [0.29, 0.717) is 41.2 Å². The fraction of sp³-hybridized carbons (Fsp3) is 0.0909. The van der Waals surface area contributed by atoms with E-state index in [0.717, 1.165) is 10.9 Å². The summed E-state index contributed by atoms with van der Waals surface area (Å²) in [6.45, 7) is 0.474. The first-order valence-corrected chi connectivity index (χ1v) is 9.14. The Morgan fingerprint density at radius 1 is 1.10 bits per heavy atom. The van der Waals surface area contributed by atoms with Crippen LogP contribution in [0.25, 0.3) is 22.4 Å². The maximum atomic E-state index is 13.5. The number of aromatic nitrogens is 1. The van der Waals surface area contributed by atoms with Gasteiger partial charge in [0.2, 0.25) is 0 Å². The van der Waals surface area contributed by atoms with Crippen molar-refractivity contribution in [1.29, 1.82) is 0 Å². The summed E-state index contributed by atoms with van der Waals surface area (Å²) >= 11 is 0. The normalized spacial score (nSPS) is 12.9. The molecule has 0 spiro atoms. The molecule has 0 fully saturated rings. The van der Waals surface area contributed by atoms with Gasteiger partial charge in [0, 0.05) is 29.8 Å². The number of fused-ring (bicyclic) bond motifs is 2. The zero-order chi connectivity index (χ0) is 20.0. The van der Waals surface area contributed by atoms with Crippen molar-refractivity contribution in [3.8, 4) is 11.5 Å². The van der Waals surface area contributed by atoms with Gasteiger partial charge in [-0.05, 0) is 42.3 Å². The second-order valence-electron chi connectivity index (χ2n) is 6.83. The molecule has 0 saturated heterocycles. The van der Waals surface area contributed by atoms with Crippen LogP contribution in [0.1, 0.15) is 15.9 Å². The average molecular weight is 385 g/mol. The van der Waals surface area contributed by atoms with Crippen LogP contribution >= 0.6 is 0 Å². The van der Waals surface area contributed by atoms with Crippen molar-refractivity contribution in [3.63, 3.8) is 0 Å². The third-order valence-corrected chi connectivity index (χ3v) is 5.13. The molecular weight excluding hydrogens is 370 g/mol. The van der Waals surface area contributed by atoms with E-state index in [1.165, 1.54) is 6.07 Å². The third kappa shape index (κ3) is 2.84. The molecule has 5 rings (SSSR count). The smallest absolute Gasteiger partial charge is 0.269 e. The van der Waals surface area contributed by atoms with Crippen LogP contribution in [-0.4, -0.2) is 22.4 Å². The van der Waals surface area contributed by atoms with Gasteiger partial charge in [-0.1, -0.05) is 18.2 Å². The maximum absolute atomic E-state index is 13.5. The van der Waals surface area contributed by atoms with Crippen LogP contribution in [0, 0.1) is 10.1 Å². The van der Waals surface area contributed by atoms with Gasteiger partial charge in [-0.3, -0.25) is 14.9 Å². The number of carbonyl (C=O) groups is 1. The first kappa shape index (κ1) is 17.1. The maximum Gasteiger partial charge on any atom is 0.269 e. The Labute approximate surface area is 165 Å². The van der Waals surface area contributed by atoms with E-state index < -0.39 is 4.92 Å². The van der Waals surface area contributed by atoms with Crippen molar-refractivity contribution in [3.05, 3.63) is 88.2 Å². The van der Waals surface area contributed by atoms with Gasteiger partial charge in [-0.2, -0.15) is 0 Å². The summed E-state index contributed by atoms with van der Waals surface area (Å²) in [6.07, 6.45) is 2.15. The van der Waals surface area contributed by atoms with Gasteiger partial charge >= 0.3 is 0 Å². The van der Waals surface area contributed by atoms with Crippen molar-refractivity contribution >= 4 is 28.2 Å². The van der Waals surface area contributed by atoms with E-state index in [2.05, 4.69) is 4.98 Å². The van der Waals surface area contributed by atoms with Crippen molar-refractivity contribution < 1.29 is 14.1 Å². The number of hydrogen-bond donors (Lipinski definition) is 0. The second kappa shape index (κ2) is 6.56. The van der Waals surface area contributed by atoms with Crippen LogP contribution in [-0.2, 0) is 6.42 Å². The van der Waals surface area contributed by atoms with E-state index in [1.807, 2.05) is 24.3 Å². The molecule has 2 aromatic heterocycles. The summed E-state index contributed by atoms with van der Waals surface area (Å²) in [4.78, 5) is 30.4. The standard InChI is InChI=1S/C22H15N3O4/c26-22(24-10-9-14-12-15(25(27)28)7-8-20(14)24)17-13-19(21-6-3-11-29-21)23-18-5-2-1-4-16(17)18/h1-8,11-13H,9-10H2. The number of hydrogen-bond acceptors (Lipinski definition) is 5. The molecule has 29 heavy (non-hydrogen) atoms. The molecule has 0 atom stereocenters. The fourth-order valence-electron chi connectivity index (χ4n) is 3.76. The number of nitro groups is 1. The fourth-order valence-corrected chi connectivity index (χ4v) is 3.76. The van der Waals surface area contributed by atoms with Crippen LogP contribution in [0.15, 0.2) is 71.3 Å². The van der Waals surface area contributed by atoms with Crippen molar-refractivity contribution in [2.24, 2.45) is 0 Å². The lowest BCUT2D eigenvalue weighted by Crippen LogP contribution is -2.29. The lowest BCUT2D eigenvalue weighted by Gasteiger charge is -2.19. The number of para-hydroxylation sites is 1. The van der Waals surface area contributed by atoms with E-state index >= 15 is 0 Å². The summed E-state index contributed by atoms with van der Waals surface area (Å²) < 4.78 is 5.47. The zero-order valence-electron chi connectivity index (χ0n) is 15.2. The van der Waals surface area contributed by atoms with E-state index in [-0.39, 0.29) is 11.6 Å². The van der Waals surface area contributed by atoms with Crippen LogP contribution in [0.5, 0.6) is 0 Å². The third-order valence-electron chi connectivity index (χ3n) is 5.13. The Hall–Kier alpha value is -4.00. The molecule has 0 N–H and O–H groups in total. The number of non-ortho nitro benzene ring substituents is 1. The van der Waals surface area contributed by atoms with E-state index in [1.54, 1.807) is 41.5 Å². The van der Waals surface area contributed by atoms with Crippen molar-refractivity contribution in [1.82, 2.24) is 4.98 Å². The van der Waals surface area contributed by atoms with Gasteiger partial charge in [0.1, 0.15) is 5.69 Å². The summed E-state index contributed by atoms with van der Waals surface area (Å²) in [7, 11) is 0. The summed E-state index contributed by atoms with van der Waals surface area (Å²) in [5.41, 5.74) is 3.35. The number of pyridine rings is 1. The summed E-state index contributed by atoms with van der Waals surface area (Å²) in [5.74, 6) is 0.422. The van der Waals surface area contributed by atoms with Crippen LogP contribution in [0.4, 0.5) is 11.4 Å². The van der Waals surface area contributed by atoms with Crippen LogP contribution in [0.3, 0.4) is 0 Å². The van der Waals surface area contributed by atoms with E-state index in [9.17, 15) is 14.9 Å². The molecular formula is C22H15N3O4. The Bertz CT molecular complexity index is 1260. The molecule has 0 radical (unpaired) electrons. The molecule has 1 aliphatic rings. The lowest BCUT2D eigenvalue weighted by atomic mass is 10.1. The number of anilines is 1. The molecule has 7 nitrogen and oxygen atoms in total. The lowest BCUT2D eigenvalue weighted by molar-refractivity contribution is -0.384. The largest absolute Gasteiger partial charge is 0.463 e. The zero-order valence-corrected chi connectivity index (χ0v) is 15.2. The number of rotatable bonds is 3. The quantitative estimate of drug-likeness (QED) is 0.380.